The third-order valence-corrected chi connectivity index (χ3v) is 4.42. The molecule has 9 heteroatoms. The van der Waals surface area contributed by atoms with Crippen molar-refractivity contribution in [2.75, 3.05) is 5.32 Å². The Bertz CT molecular complexity index is 1100. The molecule has 0 aliphatic carbocycles. The molecule has 0 fully saturated rings. The number of hydrogen-bond acceptors (Lipinski definition) is 4. The normalized spacial score (nSPS) is 15.3. The van der Waals surface area contributed by atoms with Gasteiger partial charge in [0, 0.05) is 29.9 Å². The summed E-state index contributed by atoms with van der Waals surface area (Å²) in [4.78, 5) is 16.7. The number of carbonyl (C=O) groups is 1. The average molecular weight is 418 g/mol. The minimum Gasteiger partial charge on any atom is -0.464 e. The standard InChI is InChI=1S/C21H14F4N2O3/c22-13-4-1-3-12(9-13)16-7-8-26-20-17(16)11-18(29-20)19(28)27-14-5-2-6-15(10-14)30-21(23,24)25/h1-10,18H,11H2,(H,27,28). The van der Waals surface area contributed by atoms with Crippen LogP contribution in [0, 0.1) is 5.82 Å². The molecule has 5 nitrogen and oxygen atoms in total. The fraction of sp³-hybridized carbons (Fsp3) is 0.143. The van der Waals surface area contributed by atoms with Crippen molar-refractivity contribution < 1.29 is 31.8 Å². The van der Waals surface area contributed by atoms with Crippen molar-refractivity contribution >= 4 is 11.6 Å². The summed E-state index contributed by atoms with van der Waals surface area (Å²) < 4.78 is 60.2. The number of alkyl halides is 3. The molecule has 0 saturated heterocycles. The molecule has 154 valence electrons. The predicted molar refractivity (Wildman–Crippen MR) is 99.5 cm³/mol. The number of halogens is 4. The smallest absolute Gasteiger partial charge is 0.464 e. The molecule has 1 N–H and O–H groups in total. The molecule has 2 aromatic carbocycles. The van der Waals surface area contributed by atoms with E-state index in [0.29, 0.717) is 16.7 Å². The highest BCUT2D eigenvalue weighted by atomic mass is 19.4. The van der Waals surface area contributed by atoms with Crippen molar-refractivity contribution in [2.45, 2.75) is 18.9 Å². The lowest BCUT2D eigenvalue weighted by Gasteiger charge is -2.13. The van der Waals surface area contributed by atoms with Crippen LogP contribution in [0.5, 0.6) is 11.6 Å². The van der Waals surface area contributed by atoms with E-state index in [1.807, 2.05) is 0 Å². The van der Waals surface area contributed by atoms with Crippen LogP contribution >= 0.6 is 0 Å². The number of rotatable bonds is 4. The number of ether oxygens (including phenoxy) is 2. The Morgan fingerprint density at radius 1 is 1.13 bits per heavy atom. The second kappa shape index (κ2) is 7.66. The van der Waals surface area contributed by atoms with Gasteiger partial charge >= 0.3 is 6.36 Å². The Balaban J connectivity index is 1.50. The Kier molecular flexibility index (Phi) is 5.03. The first-order valence-electron chi connectivity index (χ1n) is 8.86. The highest BCUT2D eigenvalue weighted by molar-refractivity contribution is 5.95. The van der Waals surface area contributed by atoms with Gasteiger partial charge in [-0.25, -0.2) is 9.37 Å². The lowest BCUT2D eigenvalue weighted by atomic mass is 9.98. The fourth-order valence-electron chi connectivity index (χ4n) is 3.20. The molecule has 3 aromatic rings. The van der Waals surface area contributed by atoms with Crippen LogP contribution in [0.15, 0.2) is 60.8 Å². The molecule has 4 rings (SSSR count). The maximum Gasteiger partial charge on any atom is 0.573 e. The topological polar surface area (TPSA) is 60.5 Å². The molecule has 0 saturated carbocycles. The molecule has 0 radical (unpaired) electrons. The number of pyridine rings is 1. The van der Waals surface area contributed by atoms with Gasteiger partial charge in [0.15, 0.2) is 6.10 Å². The number of aromatic nitrogens is 1. The molecular formula is C21H14F4N2O3. The summed E-state index contributed by atoms with van der Waals surface area (Å²) in [6.07, 6.45) is -4.09. The molecular weight excluding hydrogens is 404 g/mol. The maximum atomic E-state index is 13.6. The summed E-state index contributed by atoms with van der Waals surface area (Å²) >= 11 is 0. The van der Waals surface area contributed by atoms with E-state index in [2.05, 4.69) is 15.0 Å². The van der Waals surface area contributed by atoms with E-state index >= 15 is 0 Å². The lowest BCUT2D eigenvalue weighted by molar-refractivity contribution is -0.274. The molecule has 0 spiro atoms. The van der Waals surface area contributed by atoms with Crippen LogP contribution in [0.4, 0.5) is 23.2 Å². The van der Waals surface area contributed by atoms with E-state index in [-0.39, 0.29) is 18.0 Å². The van der Waals surface area contributed by atoms with E-state index in [0.717, 1.165) is 12.1 Å². The van der Waals surface area contributed by atoms with Gasteiger partial charge in [0.05, 0.1) is 0 Å². The summed E-state index contributed by atoms with van der Waals surface area (Å²) in [5.74, 6) is -1.15. The summed E-state index contributed by atoms with van der Waals surface area (Å²) in [5.41, 5.74) is 2.09. The molecule has 2 heterocycles. The van der Waals surface area contributed by atoms with Gasteiger partial charge in [0.1, 0.15) is 11.6 Å². The summed E-state index contributed by atoms with van der Waals surface area (Å²) in [7, 11) is 0. The van der Waals surface area contributed by atoms with Crippen molar-refractivity contribution in [3.05, 3.63) is 72.2 Å². The Hall–Kier alpha value is -3.62. The molecule has 30 heavy (non-hydrogen) atoms. The summed E-state index contributed by atoms with van der Waals surface area (Å²) in [5, 5.41) is 2.51. The molecule has 1 amide bonds. The van der Waals surface area contributed by atoms with Gasteiger partial charge in [-0.05, 0) is 41.5 Å². The third-order valence-electron chi connectivity index (χ3n) is 4.42. The summed E-state index contributed by atoms with van der Waals surface area (Å²) in [6.45, 7) is 0. The Labute approximate surface area is 168 Å². The number of amides is 1. The van der Waals surface area contributed by atoms with Crippen LogP contribution in [-0.4, -0.2) is 23.4 Å². The highest BCUT2D eigenvalue weighted by Crippen LogP contribution is 2.36. The number of anilines is 1. The minimum atomic E-state index is -4.84. The monoisotopic (exact) mass is 418 g/mol. The molecule has 1 aliphatic rings. The van der Waals surface area contributed by atoms with Crippen molar-refractivity contribution in [3.63, 3.8) is 0 Å². The van der Waals surface area contributed by atoms with E-state index in [1.54, 1.807) is 18.2 Å². The van der Waals surface area contributed by atoms with Crippen LogP contribution < -0.4 is 14.8 Å². The van der Waals surface area contributed by atoms with Crippen LogP contribution in [0.25, 0.3) is 11.1 Å². The molecule has 1 atom stereocenters. The molecule has 1 aromatic heterocycles. The fourth-order valence-corrected chi connectivity index (χ4v) is 3.20. The van der Waals surface area contributed by atoms with Crippen LogP contribution in [0.2, 0.25) is 0 Å². The zero-order valence-electron chi connectivity index (χ0n) is 15.2. The minimum absolute atomic E-state index is 0.125. The maximum absolute atomic E-state index is 13.6. The third kappa shape index (κ3) is 4.35. The molecule has 1 unspecified atom stereocenters. The average Bonchev–Trinajstić information content (AvgIpc) is 3.11. The molecule has 1 aliphatic heterocycles. The first-order valence-corrected chi connectivity index (χ1v) is 8.86. The summed E-state index contributed by atoms with van der Waals surface area (Å²) in [6, 6.07) is 12.7. The number of nitrogens with one attached hydrogen (secondary N) is 1. The Morgan fingerprint density at radius 2 is 1.93 bits per heavy atom. The first-order chi connectivity index (χ1) is 14.3. The van der Waals surface area contributed by atoms with Gasteiger partial charge in [-0.15, -0.1) is 13.2 Å². The van der Waals surface area contributed by atoms with Crippen LogP contribution in [-0.2, 0) is 11.2 Å². The SMILES string of the molecule is O=C(Nc1cccc(OC(F)(F)F)c1)C1Cc2c(-c3cccc(F)c3)ccnc2O1. The van der Waals surface area contributed by atoms with Gasteiger partial charge in [0.2, 0.25) is 5.88 Å². The van der Waals surface area contributed by atoms with Crippen molar-refractivity contribution in [2.24, 2.45) is 0 Å². The van der Waals surface area contributed by atoms with E-state index in [9.17, 15) is 22.4 Å². The Morgan fingerprint density at radius 3 is 2.70 bits per heavy atom. The zero-order chi connectivity index (χ0) is 21.3. The van der Waals surface area contributed by atoms with Gasteiger partial charge in [-0.3, -0.25) is 4.79 Å². The zero-order valence-corrected chi connectivity index (χ0v) is 15.2. The second-order valence-corrected chi connectivity index (χ2v) is 6.53. The van der Waals surface area contributed by atoms with Crippen LogP contribution in [0.3, 0.4) is 0 Å². The van der Waals surface area contributed by atoms with Gasteiger partial charge in [-0.2, -0.15) is 0 Å². The van der Waals surface area contributed by atoms with Crippen molar-refractivity contribution in [3.8, 4) is 22.8 Å². The number of fused-ring (bicyclic) bond motifs is 1. The van der Waals surface area contributed by atoms with E-state index < -0.39 is 29.9 Å². The quantitative estimate of drug-likeness (QED) is 0.623. The van der Waals surface area contributed by atoms with E-state index in [4.69, 9.17) is 4.74 Å². The van der Waals surface area contributed by atoms with Crippen molar-refractivity contribution in [1.82, 2.24) is 4.98 Å². The number of benzene rings is 2. The largest absolute Gasteiger partial charge is 0.573 e. The number of carbonyl (C=O) groups excluding carboxylic acids is 1. The van der Waals surface area contributed by atoms with Crippen LogP contribution in [0.1, 0.15) is 5.56 Å². The predicted octanol–water partition coefficient (Wildman–Crippen LogP) is 4.73. The van der Waals surface area contributed by atoms with Crippen molar-refractivity contribution in [1.29, 1.82) is 0 Å². The number of hydrogen-bond donors (Lipinski definition) is 1. The molecule has 0 bridgehead atoms. The first kappa shape index (κ1) is 19.7. The van der Waals surface area contributed by atoms with Gasteiger partial charge in [0.25, 0.3) is 5.91 Å². The highest BCUT2D eigenvalue weighted by Gasteiger charge is 2.33. The van der Waals surface area contributed by atoms with Gasteiger partial charge < -0.3 is 14.8 Å². The van der Waals surface area contributed by atoms with E-state index in [1.165, 1.54) is 30.5 Å². The lowest BCUT2D eigenvalue weighted by Crippen LogP contribution is -2.31. The number of nitrogens with zero attached hydrogens (tertiary/aromatic N) is 1. The second-order valence-electron chi connectivity index (χ2n) is 6.53. The van der Waals surface area contributed by atoms with Gasteiger partial charge in [-0.1, -0.05) is 18.2 Å².